The van der Waals surface area contributed by atoms with Crippen LogP contribution in [0.3, 0.4) is 0 Å². The molecule has 2 heterocycles. The third-order valence-corrected chi connectivity index (χ3v) is 2.81. The molecule has 0 saturated carbocycles. The lowest BCUT2D eigenvalue weighted by Crippen LogP contribution is -2.28. The summed E-state index contributed by atoms with van der Waals surface area (Å²) in [6, 6.07) is 0.599. The Labute approximate surface area is 79.8 Å². The highest BCUT2D eigenvalue weighted by Gasteiger charge is 2.17. The van der Waals surface area contributed by atoms with Crippen molar-refractivity contribution in [3.8, 4) is 0 Å². The van der Waals surface area contributed by atoms with Crippen LogP contribution in [0.5, 0.6) is 0 Å². The van der Waals surface area contributed by atoms with Gasteiger partial charge < -0.3 is 14.8 Å². The van der Waals surface area contributed by atoms with Crippen molar-refractivity contribution in [2.24, 2.45) is 0 Å². The summed E-state index contributed by atoms with van der Waals surface area (Å²) in [4.78, 5) is 0. The summed E-state index contributed by atoms with van der Waals surface area (Å²) in [5.74, 6) is 0. The average Bonchev–Trinajstić information content (AvgIpc) is 2.75. The van der Waals surface area contributed by atoms with Crippen LogP contribution in [0, 0.1) is 0 Å². The molecule has 0 amide bonds. The molecule has 2 unspecified atom stereocenters. The fourth-order valence-corrected chi connectivity index (χ4v) is 2.02. The van der Waals surface area contributed by atoms with Crippen molar-refractivity contribution in [1.82, 2.24) is 5.32 Å². The largest absolute Gasteiger partial charge is 0.377 e. The Bertz CT molecular complexity index is 124. The molecule has 2 aliphatic heterocycles. The molecule has 2 atom stereocenters. The molecule has 2 rings (SSSR count). The molecule has 2 aliphatic rings. The third-order valence-electron chi connectivity index (χ3n) is 2.81. The van der Waals surface area contributed by atoms with Gasteiger partial charge in [-0.05, 0) is 32.2 Å². The quantitative estimate of drug-likeness (QED) is 0.707. The lowest BCUT2D eigenvalue weighted by Gasteiger charge is -2.13. The number of nitrogens with one attached hydrogen (secondary N) is 1. The predicted octanol–water partition coefficient (Wildman–Crippen LogP) is 0.934. The van der Waals surface area contributed by atoms with Crippen molar-refractivity contribution in [2.75, 3.05) is 26.4 Å². The minimum Gasteiger partial charge on any atom is -0.377 e. The highest BCUT2D eigenvalue weighted by Crippen LogP contribution is 2.12. The van der Waals surface area contributed by atoms with Gasteiger partial charge >= 0.3 is 0 Å². The van der Waals surface area contributed by atoms with Crippen LogP contribution in [-0.2, 0) is 9.47 Å². The second-order valence-corrected chi connectivity index (χ2v) is 3.97. The van der Waals surface area contributed by atoms with Crippen molar-refractivity contribution >= 4 is 0 Å². The van der Waals surface area contributed by atoms with Crippen LogP contribution in [0.2, 0.25) is 0 Å². The van der Waals surface area contributed by atoms with Gasteiger partial charge in [0.2, 0.25) is 0 Å². The topological polar surface area (TPSA) is 30.5 Å². The molecule has 1 N–H and O–H groups in total. The maximum Gasteiger partial charge on any atom is 0.0809 e. The lowest BCUT2D eigenvalue weighted by atomic mass is 10.2. The van der Waals surface area contributed by atoms with Gasteiger partial charge in [0, 0.05) is 12.6 Å². The molecule has 76 valence electrons. The molecule has 0 aromatic carbocycles. The zero-order valence-electron chi connectivity index (χ0n) is 8.13. The molecule has 0 aliphatic carbocycles. The van der Waals surface area contributed by atoms with E-state index in [-0.39, 0.29) is 0 Å². The number of hydrogen-bond donors (Lipinski definition) is 1. The summed E-state index contributed by atoms with van der Waals surface area (Å²) in [6.45, 7) is 3.74. The Morgan fingerprint density at radius 3 is 2.92 bits per heavy atom. The van der Waals surface area contributed by atoms with Crippen LogP contribution in [0.25, 0.3) is 0 Å². The Kier molecular flexibility index (Phi) is 3.58. The Balaban J connectivity index is 1.52. The molecule has 0 radical (unpaired) electrons. The Hall–Kier alpha value is -0.120. The number of rotatable bonds is 4. The molecule has 2 fully saturated rings. The summed E-state index contributed by atoms with van der Waals surface area (Å²) in [5, 5.41) is 3.42. The molecular weight excluding hydrogens is 166 g/mol. The molecule has 3 heteroatoms. The van der Waals surface area contributed by atoms with Crippen LogP contribution in [0.15, 0.2) is 0 Å². The summed E-state index contributed by atoms with van der Waals surface area (Å²) in [6.07, 6.45) is 5.33. The van der Waals surface area contributed by atoms with E-state index in [1.54, 1.807) is 0 Å². The second kappa shape index (κ2) is 4.94. The summed E-state index contributed by atoms with van der Waals surface area (Å²) in [5.41, 5.74) is 0. The Morgan fingerprint density at radius 2 is 2.23 bits per heavy atom. The first kappa shape index (κ1) is 9.44. The van der Waals surface area contributed by atoms with Crippen molar-refractivity contribution in [3.63, 3.8) is 0 Å². The zero-order chi connectivity index (χ0) is 8.93. The van der Waals surface area contributed by atoms with Crippen LogP contribution in [0.1, 0.15) is 25.7 Å². The standard InChI is InChI=1S/C10H19NO2/c1-3-9(11-5-1)7-12-8-10-4-2-6-13-10/h9-11H,1-8H2. The van der Waals surface area contributed by atoms with E-state index in [0.29, 0.717) is 12.1 Å². The molecule has 0 aromatic rings. The van der Waals surface area contributed by atoms with E-state index in [1.165, 1.54) is 25.7 Å². The van der Waals surface area contributed by atoms with Gasteiger partial charge in [-0.1, -0.05) is 0 Å². The minimum absolute atomic E-state index is 0.376. The normalized spacial score (nSPS) is 34.2. The summed E-state index contributed by atoms with van der Waals surface area (Å²) in [7, 11) is 0. The van der Waals surface area contributed by atoms with E-state index in [4.69, 9.17) is 9.47 Å². The SMILES string of the molecule is C1CNC(COCC2CCCO2)C1. The van der Waals surface area contributed by atoms with E-state index in [9.17, 15) is 0 Å². The number of ether oxygens (including phenoxy) is 2. The van der Waals surface area contributed by atoms with Gasteiger partial charge in [0.05, 0.1) is 19.3 Å². The smallest absolute Gasteiger partial charge is 0.0809 e. The van der Waals surface area contributed by atoms with Gasteiger partial charge in [-0.25, -0.2) is 0 Å². The summed E-state index contributed by atoms with van der Waals surface area (Å²) >= 11 is 0. The molecular formula is C10H19NO2. The van der Waals surface area contributed by atoms with Gasteiger partial charge in [0.1, 0.15) is 0 Å². The maximum absolute atomic E-state index is 5.61. The van der Waals surface area contributed by atoms with Crippen LogP contribution in [-0.4, -0.2) is 38.5 Å². The van der Waals surface area contributed by atoms with Gasteiger partial charge in [0.25, 0.3) is 0 Å². The molecule has 0 spiro atoms. The van der Waals surface area contributed by atoms with Gasteiger partial charge in [-0.15, -0.1) is 0 Å². The van der Waals surface area contributed by atoms with Crippen LogP contribution >= 0.6 is 0 Å². The van der Waals surface area contributed by atoms with E-state index in [1.807, 2.05) is 0 Å². The van der Waals surface area contributed by atoms with Crippen LogP contribution in [0.4, 0.5) is 0 Å². The van der Waals surface area contributed by atoms with Crippen LogP contribution < -0.4 is 5.32 Å². The monoisotopic (exact) mass is 185 g/mol. The second-order valence-electron chi connectivity index (χ2n) is 3.97. The third kappa shape index (κ3) is 2.93. The minimum atomic E-state index is 0.376. The van der Waals surface area contributed by atoms with E-state index < -0.39 is 0 Å². The van der Waals surface area contributed by atoms with Gasteiger partial charge in [0.15, 0.2) is 0 Å². The summed E-state index contributed by atoms with van der Waals surface area (Å²) < 4.78 is 11.1. The van der Waals surface area contributed by atoms with Gasteiger partial charge in [-0.2, -0.15) is 0 Å². The first-order valence-corrected chi connectivity index (χ1v) is 5.38. The van der Waals surface area contributed by atoms with E-state index in [2.05, 4.69) is 5.32 Å². The first-order chi connectivity index (χ1) is 6.45. The molecule has 3 nitrogen and oxygen atoms in total. The van der Waals surface area contributed by atoms with Crippen molar-refractivity contribution in [3.05, 3.63) is 0 Å². The molecule has 13 heavy (non-hydrogen) atoms. The molecule has 0 aromatic heterocycles. The van der Waals surface area contributed by atoms with E-state index in [0.717, 1.165) is 26.4 Å². The molecule has 2 saturated heterocycles. The lowest BCUT2D eigenvalue weighted by molar-refractivity contribution is 0.0116. The predicted molar refractivity (Wildman–Crippen MR) is 50.8 cm³/mol. The maximum atomic E-state index is 5.61. The number of hydrogen-bond acceptors (Lipinski definition) is 3. The van der Waals surface area contributed by atoms with E-state index >= 15 is 0 Å². The van der Waals surface area contributed by atoms with Crippen molar-refractivity contribution in [2.45, 2.75) is 37.8 Å². The Morgan fingerprint density at radius 1 is 1.23 bits per heavy atom. The highest BCUT2D eigenvalue weighted by molar-refractivity contribution is 4.73. The zero-order valence-corrected chi connectivity index (χ0v) is 8.13. The van der Waals surface area contributed by atoms with Crippen molar-refractivity contribution in [1.29, 1.82) is 0 Å². The average molecular weight is 185 g/mol. The fourth-order valence-electron chi connectivity index (χ4n) is 2.02. The fraction of sp³-hybridized carbons (Fsp3) is 1.00. The first-order valence-electron chi connectivity index (χ1n) is 5.38. The molecule has 0 bridgehead atoms. The van der Waals surface area contributed by atoms with Crippen molar-refractivity contribution < 1.29 is 9.47 Å². The van der Waals surface area contributed by atoms with Gasteiger partial charge in [-0.3, -0.25) is 0 Å². The highest BCUT2D eigenvalue weighted by atomic mass is 16.5.